The predicted octanol–water partition coefficient (Wildman–Crippen LogP) is 4.15. The minimum absolute atomic E-state index is 0.0650. The number of nitrogens with one attached hydrogen (secondary N) is 1. The van der Waals surface area contributed by atoms with Crippen LogP contribution in [0.5, 0.6) is 0 Å². The van der Waals surface area contributed by atoms with Crippen LogP contribution in [0.2, 0.25) is 0 Å². The van der Waals surface area contributed by atoms with Crippen LogP contribution in [0.4, 0.5) is 5.69 Å². The molecule has 3 heterocycles. The van der Waals surface area contributed by atoms with Crippen molar-refractivity contribution in [2.45, 2.75) is 6.54 Å². The van der Waals surface area contributed by atoms with Crippen LogP contribution in [0.25, 0.3) is 17.0 Å². The normalized spacial score (nSPS) is 18.9. The van der Waals surface area contributed by atoms with Crippen molar-refractivity contribution in [1.82, 2.24) is 14.8 Å². The zero-order chi connectivity index (χ0) is 22.8. The maximum atomic E-state index is 12.8. The number of amidine groups is 1. The summed E-state index contributed by atoms with van der Waals surface area (Å²) in [4.78, 5) is 32.3. The number of aliphatic imine (C=N–C) groups is 1. The molecule has 0 spiro atoms. The first-order valence-corrected chi connectivity index (χ1v) is 12.2. The van der Waals surface area contributed by atoms with Crippen LogP contribution in [0.15, 0.2) is 69.1 Å². The summed E-state index contributed by atoms with van der Waals surface area (Å²) in [5.41, 5.74) is 2.61. The van der Waals surface area contributed by atoms with Crippen LogP contribution in [0.3, 0.4) is 0 Å². The van der Waals surface area contributed by atoms with Gasteiger partial charge >= 0.3 is 0 Å². The Labute approximate surface area is 203 Å². The molecule has 0 atom stereocenters. The topological polar surface area (TPSA) is 75.9 Å². The number of thioether (sulfide) groups is 1. The second kappa shape index (κ2) is 9.54. The van der Waals surface area contributed by atoms with Crippen LogP contribution in [-0.4, -0.2) is 52.8 Å². The molecule has 1 aromatic heterocycles. The molecule has 0 unspecified atom stereocenters. The molecule has 168 valence electrons. The molecular weight excluding hydrogens is 504 g/mol. The number of carbonyl (C=O) groups excluding carboxylic acids is 2. The molecule has 0 saturated carbocycles. The van der Waals surface area contributed by atoms with E-state index in [2.05, 4.69) is 26.2 Å². The number of fused-ring (bicyclic) bond motifs is 1. The lowest BCUT2D eigenvalue weighted by molar-refractivity contribution is -0.135. The number of amides is 2. The molecule has 0 radical (unpaired) electrons. The number of halogens is 1. The average molecular weight is 525 g/mol. The number of para-hydroxylation sites is 1. The summed E-state index contributed by atoms with van der Waals surface area (Å²) in [7, 11) is 0. The highest BCUT2D eigenvalue weighted by Gasteiger charge is 2.25. The van der Waals surface area contributed by atoms with Crippen molar-refractivity contribution in [2.75, 3.05) is 26.3 Å². The van der Waals surface area contributed by atoms with Crippen molar-refractivity contribution >= 4 is 67.3 Å². The zero-order valence-electron chi connectivity index (χ0n) is 17.7. The van der Waals surface area contributed by atoms with Crippen LogP contribution in [0, 0.1) is 0 Å². The second-order valence-corrected chi connectivity index (χ2v) is 9.63. The van der Waals surface area contributed by atoms with Crippen LogP contribution in [0.1, 0.15) is 5.56 Å². The van der Waals surface area contributed by atoms with Gasteiger partial charge in [-0.2, -0.15) is 0 Å². The van der Waals surface area contributed by atoms with Gasteiger partial charge in [-0.1, -0.05) is 34.1 Å². The maximum Gasteiger partial charge on any atom is 0.264 e. The number of ether oxygens (including phenoxy) is 1. The van der Waals surface area contributed by atoms with Gasteiger partial charge in [-0.25, -0.2) is 4.99 Å². The minimum Gasteiger partial charge on any atom is -0.378 e. The molecule has 0 aliphatic carbocycles. The smallest absolute Gasteiger partial charge is 0.264 e. The minimum atomic E-state index is -0.183. The number of hydrogen-bond acceptors (Lipinski definition) is 5. The van der Waals surface area contributed by atoms with E-state index in [9.17, 15) is 9.59 Å². The highest BCUT2D eigenvalue weighted by molar-refractivity contribution is 9.10. The van der Waals surface area contributed by atoms with E-state index in [0.29, 0.717) is 36.4 Å². The molecule has 2 saturated heterocycles. The van der Waals surface area contributed by atoms with Crippen molar-refractivity contribution in [3.63, 3.8) is 0 Å². The maximum absolute atomic E-state index is 12.8. The lowest BCUT2D eigenvalue weighted by atomic mass is 10.1. The number of hydrogen-bond donors (Lipinski definition) is 1. The van der Waals surface area contributed by atoms with Gasteiger partial charge in [-0.3, -0.25) is 9.59 Å². The van der Waals surface area contributed by atoms with E-state index in [1.165, 1.54) is 11.8 Å². The molecular formula is C24H21BrN4O3S. The Bertz CT molecular complexity index is 1280. The molecule has 2 aliphatic rings. The molecule has 2 aromatic carbocycles. The van der Waals surface area contributed by atoms with Gasteiger partial charge in [0.1, 0.15) is 6.54 Å². The first-order chi connectivity index (χ1) is 16.1. The van der Waals surface area contributed by atoms with Gasteiger partial charge in [0.05, 0.1) is 23.8 Å². The Hall–Kier alpha value is -2.88. The predicted molar refractivity (Wildman–Crippen MR) is 134 cm³/mol. The quantitative estimate of drug-likeness (QED) is 0.520. The zero-order valence-corrected chi connectivity index (χ0v) is 20.1. The molecule has 9 heteroatoms. The van der Waals surface area contributed by atoms with Crippen LogP contribution >= 0.6 is 27.7 Å². The Balaban J connectivity index is 1.41. The van der Waals surface area contributed by atoms with E-state index in [0.717, 1.165) is 26.6 Å². The van der Waals surface area contributed by atoms with Crippen molar-refractivity contribution in [1.29, 1.82) is 0 Å². The van der Waals surface area contributed by atoms with Gasteiger partial charge in [0.2, 0.25) is 5.91 Å². The fourth-order valence-electron chi connectivity index (χ4n) is 3.83. The standard InChI is InChI=1S/C24H21BrN4O3S/c25-17-5-7-18(8-6-17)26-24-27-23(31)21(33-24)13-16-14-29(20-4-2-1-3-19(16)20)15-22(30)28-9-11-32-12-10-28/h1-8,13-14H,9-12,15H2,(H,26,27,31)/b21-13+. The van der Waals surface area contributed by atoms with Crippen LogP contribution < -0.4 is 5.32 Å². The first-order valence-electron chi connectivity index (χ1n) is 10.6. The molecule has 3 aromatic rings. The fourth-order valence-corrected chi connectivity index (χ4v) is 4.93. The third-order valence-corrected chi connectivity index (χ3v) is 6.92. The number of carbonyl (C=O) groups is 2. The van der Waals surface area contributed by atoms with Crippen molar-refractivity contribution in [3.05, 3.63) is 69.7 Å². The first kappa shape index (κ1) is 21.9. The summed E-state index contributed by atoms with van der Waals surface area (Å²) >= 11 is 4.72. The second-order valence-electron chi connectivity index (χ2n) is 7.68. The van der Waals surface area contributed by atoms with Gasteiger partial charge in [0, 0.05) is 40.2 Å². The van der Waals surface area contributed by atoms with Crippen molar-refractivity contribution in [2.24, 2.45) is 4.99 Å². The summed E-state index contributed by atoms with van der Waals surface area (Å²) in [6.07, 6.45) is 3.80. The van der Waals surface area contributed by atoms with E-state index >= 15 is 0 Å². The summed E-state index contributed by atoms with van der Waals surface area (Å²) < 4.78 is 8.27. The lowest BCUT2D eigenvalue weighted by Gasteiger charge is -2.27. The highest BCUT2D eigenvalue weighted by atomic mass is 79.9. The Morgan fingerprint density at radius 3 is 2.70 bits per heavy atom. The van der Waals surface area contributed by atoms with Gasteiger partial charge in [-0.05, 0) is 48.2 Å². The Kier molecular flexibility index (Phi) is 6.34. The van der Waals surface area contributed by atoms with Crippen LogP contribution in [-0.2, 0) is 20.9 Å². The molecule has 2 amide bonds. The third-order valence-electron chi connectivity index (χ3n) is 5.48. The molecule has 2 aliphatic heterocycles. The highest BCUT2D eigenvalue weighted by Crippen LogP contribution is 2.31. The van der Waals surface area contributed by atoms with E-state index in [4.69, 9.17) is 4.74 Å². The van der Waals surface area contributed by atoms with E-state index in [1.54, 1.807) is 0 Å². The summed E-state index contributed by atoms with van der Waals surface area (Å²) in [6, 6.07) is 15.5. The molecule has 5 rings (SSSR count). The molecule has 1 N–H and O–H groups in total. The number of nitrogens with zero attached hydrogens (tertiary/aromatic N) is 3. The van der Waals surface area contributed by atoms with E-state index < -0.39 is 0 Å². The SMILES string of the molecule is O=C1NC(=Nc2ccc(Br)cc2)S/C1=C/c1cn(CC(=O)N2CCOCC2)c2ccccc12. The van der Waals surface area contributed by atoms with Gasteiger partial charge in [-0.15, -0.1) is 0 Å². The number of morpholine rings is 1. The molecule has 2 fully saturated rings. The van der Waals surface area contributed by atoms with E-state index in [-0.39, 0.29) is 18.4 Å². The van der Waals surface area contributed by atoms with Gasteiger partial charge < -0.3 is 19.5 Å². The molecule has 7 nitrogen and oxygen atoms in total. The van der Waals surface area contributed by atoms with Crippen molar-refractivity contribution < 1.29 is 14.3 Å². The Morgan fingerprint density at radius 1 is 1.15 bits per heavy atom. The van der Waals surface area contributed by atoms with E-state index in [1.807, 2.05) is 70.3 Å². The third kappa shape index (κ3) is 4.90. The summed E-state index contributed by atoms with van der Waals surface area (Å²) in [6.45, 7) is 2.63. The Morgan fingerprint density at radius 2 is 1.91 bits per heavy atom. The number of aromatic nitrogens is 1. The van der Waals surface area contributed by atoms with Crippen molar-refractivity contribution in [3.8, 4) is 0 Å². The average Bonchev–Trinajstić information content (AvgIpc) is 3.35. The lowest BCUT2D eigenvalue weighted by Crippen LogP contribution is -2.42. The monoisotopic (exact) mass is 524 g/mol. The largest absolute Gasteiger partial charge is 0.378 e. The number of rotatable bonds is 4. The van der Waals surface area contributed by atoms with Gasteiger partial charge in [0.25, 0.3) is 5.91 Å². The summed E-state index contributed by atoms with van der Waals surface area (Å²) in [5.74, 6) is -0.118. The number of benzene rings is 2. The molecule has 33 heavy (non-hydrogen) atoms. The summed E-state index contributed by atoms with van der Waals surface area (Å²) in [5, 5.41) is 4.37. The molecule has 0 bridgehead atoms. The van der Waals surface area contributed by atoms with Gasteiger partial charge in [0.15, 0.2) is 5.17 Å². The fraction of sp³-hybridized carbons (Fsp3) is 0.208.